The van der Waals surface area contributed by atoms with Gasteiger partial charge in [-0.2, -0.15) is 13.2 Å². The third-order valence-electron chi connectivity index (χ3n) is 3.80. The number of rotatable bonds is 4. The highest BCUT2D eigenvalue weighted by molar-refractivity contribution is 7.83. The first-order valence-corrected chi connectivity index (χ1v) is 8.79. The van der Waals surface area contributed by atoms with Gasteiger partial charge in [0.1, 0.15) is 0 Å². The maximum Gasteiger partial charge on any atom is 0.391 e. The second-order valence-corrected chi connectivity index (χ2v) is 7.10. The molecule has 2 rings (SSSR count). The van der Waals surface area contributed by atoms with Crippen LogP contribution in [-0.4, -0.2) is 22.7 Å². The van der Waals surface area contributed by atoms with Crippen molar-refractivity contribution in [2.45, 2.75) is 43.7 Å². The average Bonchev–Trinajstić information content (AvgIpc) is 2.37. The Morgan fingerprint density at radius 2 is 2.10 bits per heavy atom. The molecule has 1 saturated carbocycles. The molecule has 1 aromatic rings. The number of anilines is 1. The first kappa shape index (κ1) is 16.3. The normalized spacial score (nSPS) is 24.6. The summed E-state index contributed by atoms with van der Waals surface area (Å²) in [4.78, 5) is 0. The lowest BCUT2D eigenvalue weighted by Gasteiger charge is -2.31. The van der Waals surface area contributed by atoms with E-state index >= 15 is 0 Å². The van der Waals surface area contributed by atoms with E-state index in [0.29, 0.717) is 12.2 Å². The number of hydrogen-bond acceptors (Lipinski definition) is 2. The van der Waals surface area contributed by atoms with E-state index in [4.69, 9.17) is 0 Å². The monoisotopic (exact) mass is 319 g/mol. The molecule has 21 heavy (non-hydrogen) atoms. The summed E-state index contributed by atoms with van der Waals surface area (Å²) in [6, 6.07) is 7.30. The third kappa shape index (κ3) is 5.02. The van der Waals surface area contributed by atoms with Crippen LogP contribution in [0.5, 0.6) is 0 Å². The highest BCUT2D eigenvalue weighted by atomic mass is 32.2. The summed E-state index contributed by atoms with van der Waals surface area (Å²) in [6.07, 6.45) is -0.739. The van der Waals surface area contributed by atoms with Gasteiger partial charge in [-0.25, -0.2) is 0 Å². The molecule has 1 aliphatic carbocycles. The molecule has 1 N–H and O–H groups in total. The van der Waals surface area contributed by atoms with Crippen LogP contribution in [0.25, 0.3) is 0 Å². The largest absolute Gasteiger partial charge is 0.391 e. The summed E-state index contributed by atoms with van der Waals surface area (Å²) in [5.74, 6) is -0.735. The first-order valence-electron chi connectivity index (χ1n) is 7.07. The number of alkyl halides is 3. The molecule has 1 aromatic carbocycles. The second kappa shape index (κ2) is 6.81. The van der Waals surface area contributed by atoms with Crippen molar-refractivity contribution in [1.82, 2.24) is 0 Å². The molecule has 0 heterocycles. The van der Waals surface area contributed by atoms with Crippen LogP contribution in [0.2, 0.25) is 0 Å². The van der Waals surface area contributed by atoms with Crippen LogP contribution in [0, 0.1) is 5.92 Å². The maximum absolute atomic E-state index is 12.8. The van der Waals surface area contributed by atoms with Gasteiger partial charge >= 0.3 is 6.18 Å². The Balaban J connectivity index is 1.99. The summed E-state index contributed by atoms with van der Waals surface area (Å²) in [6.45, 7) is 0. The van der Waals surface area contributed by atoms with Crippen molar-refractivity contribution in [3.8, 4) is 0 Å². The van der Waals surface area contributed by atoms with E-state index in [1.54, 1.807) is 6.26 Å². The molecule has 0 radical (unpaired) electrons. The molecule has 6 heteroatoms. The summed E-state index contributed by atoms with van der Waals surface area (Å²) in [5, 5.41) is 3.20. The number of hydrogen-bond donors (Lipinski definition) is 1. The highest BCUT2D eigenvalue weighted by Crippen LogP contribution is 2.38. The molecular formula is C15H20F3NOS. The lowest BCUT2D eigenvalue weighted by molar-refractivity contribution is -0.182. The van der Waals surface area contributed by atoms with Crippen LogP contribution in [0.1, 0.15) is 31.2 Å². The van der Waals surface area contributed by atoms with Crippen molar-refractivity contribution in [1.29, 1.82) is 0 Å². The van der Waals surface area contributed by atoms with E-state index in [-0.39, 0.29) is 18.9 Å². The first-order chi connectivity index (χ1) is 9.84. The molecule has 0 aromatic heterocycles. The fourth-order valence-corrected chi connectivity index (χ4v) is 3.49. The van der Waals surface area contributed by atoms with Crippen molar-refractivity contribution in [2.75, 3.05) is 11.6 Å². The van der Waals surface area contributed by atoms with Crippen molar-refractivity contribution < 1.29 is 17.4 Å². The number of benzene rings is 1. The van der Waals surface area contributed by atoms with Gasteiger partial charge in [-0.15, -0.1) is 0 Å². The Morgan fingerprint density at radius 1 is 1.33 bits per heavy atom. The molecule has 0 amide bonds. The van der Waals surface area contributed by atoms with Crippen LogP contribution in [0.15, 0.2) is 24.3 Å². The molecular weight excluding hydrogens is 299 g/mol. The molecule has 118 valence electrons. The standard InChI is InChI=1S/C15H20F3NOS/c1-21(20)10-11-4-2-6-13(8-11)19-14-7-3-5-12(9-14)15(16,17)18/h2,4,6,8,12,14,19H,3,5,7,9-10H2,1H3. The summed E-state index contributed by atoms with van der Waals surface area (Å²) < 4.78 is 49.6. The highest BCUT2D eigenvalue weighted by Gasteiger charge is 2.42. The second-order valence-electron chi connectivity index (χ2n) is 5.66. The Bertz CT molecular complexity index is 504. The minimum atomic E-state index is -4.10. The molecule has 0 aliphatic heterocycles. The molecule has 0 saturated heterocycles. The molecule has 1 fully saturated rings. The van der Waals surface area contributed by atoms with Gasteiger partial charge in [-0.3, -0.25) is 4.21 Å². The van der Waals surface area contributed by atoms with Crippen molar-refractivity contribution in [3.05, 3.63) is 29.8 Å². The maximum atomic E-state index is 12.8. The van der Waals surface area contributed by atoms with Crippen LogP contribution in [0.4, 0.5) is 18.9 Å². The topological polar surface area (TPSA) is 29.1 Å². The quantitative estimate of drug-likeness (QED) is 0.905. The van der Waals surface area contributed by atoms with Crippen LogP contribution < -0.4 is 5.32 Å². The SMILES string of the molecule is CS(=O)Cc1cccc(NC2CCCC(C(F)(F)F)C2)c1. The van der Waals surface area contributed by atoms with Crippen molar-refractivity contribution in [2.24, 2.45) is 5.92 Å². The van der Waals surface area contributed by atoms with E-state index in [9.17, 15) is 17.4 Å². The zero-order valence-corrected chi connectivity index (χ0v) is 12.8. The predicted molar refractivity (Wildman–Crippen MR) is 79.6 cm³/mol. The van der Waals surface area contributed by atoms with Gasteiger partial charge in [0.25, 0.3) is 0 Å². The Morgan fingerprint density at radius 3 is 2.76 bits per heavy atom. The van der Waals surface area contributed by atoms with Gasteiger partial charge < -0.3 is 5.32 Å². The van der Waals surface area contributed by atoms with E-state index in [0.717, 1.165) is 17.7 Å². The molecule has 2 nitrogen and oxygen atoms in total. The predicted octanol–water partition coefficient (Wildman–Crippen LogP) is 4.10. The van der Waals surface area contributed by atoms with Gasteiger partial charge in [0.15, 0.2) is 0 Å². The summed E-state index contributed by atoms with van der Waals surface area (Å²) in [7, 11) is -0.926. The summed E-state index contributed by atoms with van der Waals surface area (Å²) >= 11 is 0. The van der Waals surface area contributed by atoms with E-state index < -0.39 is 22.9 Å². The van der Waals surface area contributed by atoms with Crippen molar-refractivity contribution >= 4 is 16.5 Å². The molecule has 0 spiro atoms. The van der Waals surface area contributed by atoms with Gasteiger partial charge in [0.2, 0.25) is 0 Å². The Hall–Kier alpha value is -1.04. The smallest absolute Gasteiger partial charge is 0.382 e. The average molecular weight is 319 g/mol. The van der Waals surface area contributed by atoms with Crippen molar-refractivity contribution in [3.63, 3.8) is 0 Å². The Kier molecular flexibility index (Phi) is 5.30. The van der Waals surface area contributed by atoms with Gasteiger partial charge in [0, 0.05) is 34.5 Å². The zero-order chi connectivity index (χ0) is 15.5. The van der Waals surface area contributed by atoms with Gasteiger partial charge in [-0.1, -0.05) is 18.6 Å². The third-order valence-corrected chi connectivity index (χ3v) is 4.54. The number of nitrogens with one attached hydrogen (secondary N) is 1. The van der Waals surface area contributed by atoms with E-state index in [1.165, 1.54) is 0 Å². The summed E-state index contributed by atoms with van der Waals surface area (Å²) in [5.41, 5.74) is 1.75. The molecule has 3 atom stereocenters. The molecule has 3 unspecified atom stereocenters. The minimum Gasteiger partial charge on any atom is -0.382 e. The van der Waals surface area contributed by atoms with Gasteiger partial charge in [-0.05, 0) is 37.0 Å². The van der Waals surface area contributed by atoms with Crippen LogP contribution >= 0.6 is 0 Å². The fourth-order valence-electron chi connectivity index (χ4n) is 2.84. The Labute approximate surface area is 125 Å². The fraction of sp³-hybridized carbons (Fsp3) is 0.600. The van der Waals surface area contributed by atoms with E-state index in [2.05, 4.69) is 5.32 Å². The lowest BCUT2D eigenvalue weighted by atomic mass is 9.85. The molecule has 0 bridgehead atoms. The van der Waals surface area contributed by atoms with E-state index in [1.807, 2.05) is 24.3 Å². The van der Waals surface area contributed by atoms with Crippen LogP contribution in [0.3, 0.4) is 0 Å². The molecule has 1 aliphatic rings. The van der Waals surface area contributed by atoms with Gasteiger partial charge in [0.05, 0.1) is 5.92 Å². The minimum absolute atomic E-state index is 0.132. The van der Waals surface area contributed by atoms with Crippen LogP contribution in [-0.2, 0) is 16.6 Å². The zero-order valence-electron chi connectivity index (χ0n) is 12.0. The lowest BCUT2D eigenvalue weighted by Crippen LogP contribution is -2.34. The number of halogens is 3.